The van der Waals surface area contributed by atoms with E-state index in [0.717, 1.165) is 17.0 Å². The van der Waals surface area contributed by atoms with Crippen LogP contribution >= 0.6 is 23.2 Å². The molecule has 3 rings (SSSR count). The molecule has 2 aromatic rings. The smallest absolute Gasteiger partial charge is 0.328 e. The maximum Gasteiger partial charge on any atom is 0.328 e. The van der Waals surface area contributed by atoms with E-state index in [1.807, 2.05) is 0 Å². The second-order valence-electron chi connectivity index (χ2n) is 5.84. The third-order valence-electron chi connectivity index (χ3n) is 4.08. The van der Waals surface area contributed by atoms with Crippen molar-refractivity contribution in [2.24, 2.45) is 5.92 Å². The van der Waals surface area contributed by atoms with Gasteiger partial charge in [-0.15, -0.1) is 0 Å². The molecule has 7 nitrogen and oxygen atoms in total. The molecule has 0 radical (unpaired) electrons. The predicted octanol–water partition coefficient (Wildman–Crippen LogP) is 3.45. The molecule has 1 heterocycles. The summed E-state index contributed by atoms with van der Waals surface area (Å²) in [6, 6.07) is 7.27. The summed E-state index contributed by atoms with van der Waals surface area (Å²) >= 11 is 11.7. The first kappa shape index (κ1) is 19.9. The highest BCUT2D eigenvalue weighted by Gasteiger charge is 2.40. The number of benzene rings is 2. The fourth-order valence-corrected chi connectivity index (χ4v) is 3.03. The van der Waals surface area contributed by atoms with Crippen LogP contribution in [0.1, 0.15) is 0 Å². The summed E-state index contributed by atoms with van der Waals surface area (Å²) in [5, 5.41) is 5.15. The molecule has 1 aliphatic heterocycles. The fourth-order valence-electron chi connectivity index (χ4n) is 2.68. The van der Waals surface area contributed by atoms with Crippen LogP contribution in [-0.4, -0.2) is 31.5 Å². The van der Waals surface area contributed by atoms with E-state index >= 15 is 0 Å². The molecule has 0 spiro atoms. The summed E-state index contributed by atoms with van der Waals surface area (Å²) in [6.45, 7) is -0.197. The number of anilines is 2. The van der Waals surface area contributed by atoms with Gasteiger partial charge in [-0.2, -0.15) is 0 Å². The van der Waals surface area contributed by atoms with E-state index in [4.69, 9.17) is 27.9 Å². The normalized spacial score (nSPS) is 16.6. The van der Waals surface area contributed by atoms with E-state index in [1.165, 1.54) is 19.2 Å². The average molecular weight is 426 g/mol. The summed E-state index contributed by atoms with van der Waals surface area (Å²) in [4.78, 5) is 38.4. The van der Waals surface area contributed by atoms with Gasteiger partial charge in [0, 0.05) is 11.6 Å². The van der Waals surface area contributed by atoms with Gasteiger partial charge in [-0.25, -0.2) is 14.1 Å². The number of amides is 4. The number of methoxy groups -OCH3 is 1. The minimum Gasteiger partial charge on any atom is -0.495 e. The fraction of sp³-hybridized carbons (Fsp3) is 0.167. The van der Waals surface area contributed by atoms with Crippen LogP contribution in [0.25, 0.3) is 0 Å². The van der Waals surface area contributed by atoms with Gasteiger partial charge in [0.05, 0.1) is 23.5 Å². The first-order valence-electron chi connectivity index (χ1n) is 8.03. The number of urea groups is 1. The van der Waals surface area contributed by atoms with Gasteiger partial charge in [0.2, 0.25) is 11.8 Å². The molecule has 0 aromatic heterocycles. The van der Waals surface area contributed by atoms with Crippen LogP contribution in [0.15, 0.2) is 36.4 Å². The molecule has 0 saturated carbocycles. The van der Waals surface area contributed by atoms with Crippen molar-refractivity contribution in [2.45, 2.75) is 0 Å². The van der Waals surface area contributed by atoms with Crippen LogP contribution < -0.4 is 20.3 Å². The maximum atomic E-state index is 13.4. The summed E-state index contributed by atoms with van der Waals surface area (Å²) in [6.07, 6.45) is 0. The van der Waals surface area contributed by atoms with Crippen molar-refractivity contribution >= 4 is 52.4 Å². The standard InChI is InChI=1S/C18H14Cl2FN3O4/c1-28-15-5-2-9(19)6-14(15)23-16(25)11-8-22-18(27)24(17(11)26)10-3-4-13(21)12(20)7-10/h2-7,11H,8H2,1H3,(H,22,27)(H,23,25). The highest BCUT2D eigenvalue weighted by atomic mass is 35.5. The van der Waals surface area contributed by atoms with Crippen LogP contribution in [0, 0.1) is 11.7 Å². The summed E-state index contributed by atoms with van der Waals surface area (Å²) in [7, 11) is 1.42. The molecule has 2 N–H and O–H groups in total. The zero-order valence-electron chi connectivity index (χ0n) is 14.5. The molecule has 4 amide bonds. The van der Waals surface area contributed by atoms with Crippen molar-refractivity contribution in [3.63, 3.8) is 0 Å². The van der Waals surface area contributed by atoms with E-state index in [1.54, 1.807) is 12.1 Å². The molecule has 2 aromatic carbocycles. The number of nitrogens with zero attached hydrogens (tertiary/aromatic N) is 1. The summed E-state index contributed by atoms with van der Waals surface area (Å²) in [5.74, 6) is -3.00. The number of carbonyl (C=O) groups excluding carboxylic acids is 3. The first-order chi connectivity index (χ1) is 13.3. The SMILES string of the molecule is COc1ccc(Cl)cc1NC(=O)C1CNC(=O)N(c2ccc(F)c(Cl)c2)C1=O. The van der Waals surface area contributed by atoms with Crippen molar-refractivity contribution in [1.82, 2.24) is 5.32 Å². The van der Waals surface area contributed by atoms with Crippen LogP contribution in [-0.2, 0) is 9.59 Å². The molecule has 28 heavy (non-hydrogen) atoms. The number of hydrogen-bond acceptors (Lipinski definition) is 4. The Labute approximate surface area is 169 Å². The first-order valence-corrected chi connectivity index (χ1v) is 8.78. The highest BCUT2D eigenvalue weighted by Crippen LogP contribution is 2.29. The number of rotatable bonds is 4. The number of ether oxygens (including phenoxy) is 1. The lowest BCUT2D eigenvalue weighted by molar-refractivity contribution is -0.130. The average Bonchev–Trinajstić information content (AvgIpc) is 2.65. The van der Waals surface area contributed by atoms with Crippen molar-refractivity contribution in [3.8, 4) is 5.75 Å². The molecule has 1 aliphatic rings. The third-order valence-corrected chi connectivity index (χ3v) is 4.60. The molecule has 0 bridgehead atoms. The quantitative estimate of drug-likeness (QED) is 0.734. The number of imide groups is 1. The van der Waals surface area contributed by atoms with Crippen LogP contribution in [0.5, 0.6) is 5.75 Å². The van der Waals surface area contributed by atoms with Gasteiger partial charge in [0.25, 0.3) is 0 Å². The van der Waals surface area contributed by atoms with E-state index in [2.05, 4.69) is 10.6 Å². The molecule has 0 aliphatic carbocycles. The minimum atomic E-state index is -1.22. The van der Waals surface area contributed by atoms with Crippen molar-refractivity contribution in [1.29, 1.82) is 0 Å². The summed E-state index contributed by atoms with van der Waals surface area (Å²) in [5.41, 5.74) is 0.327. The Kier molecular flexibility index (Phi) is 5.71. The Balaban J connectivity index is 1.85. The van der Waals surface area contributed by atoms with E-state index < -0.39 is 29.6 Å². The number of nitrogens with one attached hydrogen (secondary N) is 2. The topological polar surface area (TPSA) is 87.7 Å². The summed E-state index contributed by atoms with van der Waals surface area (Å²) < 4.78 is 18.5. The molecular weight excluding hydrogens is 412 g/mol. The zero-order chi connectivity index (χ0) is 20.4. The lowest BCUT2D eigenvalue weighted by atomic mass is 10.0. The molecule has 1 saturated heterocycles. The van der Waals surface area contributed by atoms with E-state index in [-0.39, 0.29) is 22.9 Å². The largest absolute Gasteiger partial charge is 0.495 e. The Bertz CT molecular complexity index is 970. The zero-order valence-corrected chi connectivity index (χ0v) is 16.0. The minimum absolute atomic E-state index is 0.0479. The Morgan fingerprint density at radius 2 is 2.00 bits per heavy atom. The van der Waals surface area contributed by atoms with Gasteiger partial charge in [0.15, 0.2) is 0 Å². The number of carbonyl (C=O) groups is 3. The Morgan fingerprint density at radius 1 is 1.25 bits per heavy atom. The molecule has 10 heteroatoms. The second-order valence-corrected chi connectivity index (χ2v) is 6.69. The number of hydrogen-bond donors (Lipinski definition) is 2. The van der Waals surface area contributed by atoms with Gasteiger partial charge in [0.1, 0.15) is 17.5 Å². The van der Waals surface area contributed by atoms with Crippen molar-refractivity contribution in [3.05, 3.63) is 52.3 Å². The van der Waals surface area contributed by atoms with Gasteiger partial charge >= 0.3 is 6.03 Å². The van der Waals surface area contributed by atoms with Gasteiger partial charge in [-0.3, -0.25) is 9.59 Å². The van der Waals surface area contributed by atoms with Gasteiger partial charge < -0.3 is 15.4 Å². The number of halogens is 3. The molecule has 1 fully saturated rings. The maximum absolute atomic E-state index is 13.4. The molecule has 1 unspecified atom stereocenters. The van der Waals surface area contributed by atoms with Crippen LogP contribution in [0.3, 0.4) is 0 Å². The lowest BCUT2D eigenvalue weighted by Gasteiger charge is -2.30. The lowest BCUT2D eigenvalue weighted by Crippen LogP contribution is -2.58. The van der Waals surface area contributed by atoms with Crippen LogP contribution in [0.2, 0.25) is 10.0 Å². The Morgan fingerprint density at radius 3 is 2.68 bits per heavy atom. The van der Waals surface area contributed by atoms with Crippen LogP contribution in [0.4, 0.5) is 20.6 Å². The second kappa shape index (κ2) is 8.04. The van der Waals surface area contributed by atoms with Gasteiger partial charge in [-0.05, 0) is 36.4 Å². The monoisotopic (exact) mass is 425 g/mol. The van der Waals surface area contributed by atoms with Crippen molar-refractivity contribution < 1.29 is 23.5 Å². The molecular formula is C18H14Cl2FN3O4. The predicted molar refractivity (Wildman–Crippen MR) is 102 cm³/mol. The van der Waals surface area contributed by atoms with Crippen molar-refractivity contribution in [2.75, 3.05) is 23.9 Å². The van der Waals surface area contributed by atoms with E-state index in [0.29, 0.717) is 10.8 Å². The Hall–Kier alpha value is -2.84. The molecule has 1 atom stereocenters. The molecule has 146 valence electrons. The van der Waals surface area contributed by atoms with Gasteiger partial charge in [-0.1, -0.05) is 23.2 Å². The third kappa shape index (κ3) is 3.88. The van der Waals surface area contributed by atoms with E-state index in [9.17, 15) is 18.8 Å². The highest BCUT2D eigenvalue weighted by molar-refractivity contribution is 6.32.